The zero-order valence-corrected chi connectivity index (χ0v) is 15.8. The Morgan fingerprint density at radius 2 is 1.67 bits per heavy atom. The van der Waals surface area contributed by atoms with Crippen LogP contribution in [-0.4, -0.2) is 22.1 Å². The number of carbonyl (C=O) groups is 2. The topological polar surface area (TPSA) is 96.0 Å². The van der Waals surface area contributed by atoms with Gasteiger partial charge in [-0.05, 0) is 37.6 Å². The monoisotopic (exact) mass is 381 g/mol. The molecule has 8 heteroatoms. The van der Waals surface area contributed by atoms with Gasteiger partial charge in [0, 0.05) is 11.4 Å². The first-order valence-corrected chi connectivity index (χ1v) is 9.14. The number of benzene rings is 2. The largest absolute Gasteiger partial charge is 0.325 e. The van der Waals surface area contributed by atoms with Gasteiger partial charge in [-0.3, -0.25) is 10.1 Å². The summed E-state index contributed by atoms with van der Waals surface area (Å²) < 4.78 is 0. The molecule has 27 heavy (non-hydrogen) atoms. The highest BCUT2D eigenvalue weighted by molar-refractivity contribution is 7.15. The molecule has 2 aromatic carbocycles. The van der Waals surface area contributed by atoms with Gasteiger partial charge in [-0.1, -0.05) is 47.2 Å². The van der Waals surface area contributed by atoms with E-state index in [-0.39, 0.29) is 12.3 Å². The third-order valence-corrected chi connectivity index (χ3v) is 4.57. The van der Waals surface area contributed by atoms with E-state index in [9.17, 15) is 9.59 Å². The third-order valence-electron chi connectivity index (χ3n) is 3.73. The molecule has 0 fully saturated rings. The number of hydrogen-bond donors (Lipinski definition) is 3. The maximum absolute atomic E-state index is 12.2. The SMILES string of the molecule is Cc1ccc(NC(=O)Nc2nnc(CC(=O)Nc3ccccc3C)s2)cc1. The molecule has 0 saturated heterocycles. The van der Waals surface area contributed by atoms with Gasteiger partial charge in [-0.2, -0.15) is 0 Å². The summed E-state index contributed by atoms with van der Waals surface area (Å²) in [5, 5.41) is 16.9. The van der Waals surface area contributed by atoms with Crippen LogP contribution in [0, 0.1) is 13.8 Å². The summed E-state index contributed by atoms with van der Waals surface area (Å²) in [6.45, 7) is 3.90. The highest BCUT2D eigenvalue weighted by Crippen LogP contribution is 2.18. The van der Waals surface area contributed by atoms with E-state index in [2.05, 4.69) is 26.1 Å². The normalized spacial score (nSPS) is 10.3. The Hall–Kier alpha value is -3.26. The van der Waals surface area contributed by atoms with Gasteiger partial charge in [0.05, 0.1) is 6.42 Å². The second kappa shape index (κ2) is 8.41. The average molecular weight is 381 g/mol. The van der Waals surface area contributed by atoms with Gasteiger partial charge < -0.3 is 10.6 Å². The molecule has 3 aromatic rings. The maximum atomic E-state index is 12.2. The van der Waals surface area contributed by atoms with E-state index in [4.69, 9.17) is 0 Å². The van der Waals surface area contributed by atoms with Crippen LogP contribution in [0.3, 0.4) is 0 Å². The lowest BCUT2D eigenvalue weighted by Gasteiger charge is -2.06. The number of nitrogens with zero attached hydrogens (tertiary/aromatic N) is 2. The summed E-state index contributed by atoms with van der Waals surface area (Å²) in [5.74, 6) is -0.184. The predicted molar refractivity (Wildman–Crippen MR) is 107 cm³/mol. The number of nitrogens with one attached hydrogen (secondary N) is 3. The molecule has 0 saturated carbocycles. The standard InChI is InChI=1S/C19H19N5O2S/c1-12-7-9-14(10-8-12)20-18(26)22-19-24-23-17(27-19)11-16(25)21-15-6-4-3-5-13(15)2/h3-10H,11H2,1-2H3,(H,21,25)(H2,20,22,24,26). The van der Waals surface area contributed by atoms with Crippen molar-refractivity contribution in [1.82, 2.24) is 10.2 Å². The van der Waals surface area contributed by atoms with Crippen molar-refractivity contribution in [3.8, 4) is 0 Å². The van der Waals surface area contributed by atoms with Crippen LogP contribution in [0.15, 0.2) is 48.5 Å². The molecule has 0 aliphatic rings. The predicted octanol–water partition coefficient (Wildman–Crippen LogP) is 3.98. The van der Waals surface area contributed by atoms with E-state index in [1.165, 1.54) is 0 Å². The van der Waals surface area contributed by atoms with Gasteiger partial charge in [0.2, 0.25) is 11.0 Å². The highest BCUT2D eigenvalue weighted by atomic mass is 32.1. The number of carbonyl (C=O) groups excluding carboxylic acids is 2. The molecule has 7 nitrogen and oxygen atoms in total. The molecule has 3 amide bonds. The Morgan fingerprint density at radius 1 is 0.926 bits per heavy atom. The second-order valence-electron chi connectivity index (χ2n) is 5.99. The zero-order valence-electron chi connectivity index (χ0n) is 14.9. The molecule has 0 unspecified atom stereocenters. The molecule has 1 heterocycles. The van der Waals surface area contributed by atoms with Crippen molar-refractivity contribution in [1.29, 1.82) is 0 Å². The Balaban J connectivity index is 1.53. The molecular weight excluding hydrogens is 362 g/mol. The fourth-order valence-corrected chi connectivity index (χ4v) is 3.05. The molecule has 0 atom stereocenters. The Morgan fingerprint density at radius 3 is 2.41 bits per heavy atom. The van der Waals surface area contributed by atoms with E-state index in [0.29, 0.717) is 15.8 Å². The van der Waals surface area contributed by atoms with Gasteiger partial charge in [0.15, 0.2) is 0 Å². The van der Waals surface area contributed by atoms with Crippen LogP contribution in [0.5, 0.6) is 0 Å². The molecule has 0 radical (unpaired) electrons. The lowest BCUT2D eigenvalue weighted by atomic mass is 10.2. The molecule has 0 aliphatic heterocycles. The highest BCUT2D eigenvalue weighted by Gasteiger charge is 2.12. The first-order valence-electron chi connectivity index (χ1n) is 8.32. The molecule has 3 rings (SSSR count). The maximum Gasteiger partial charge on any atom is 0.325 e. The van der Waals surface area contributed by atoms with E-state index >= 15 is 0 Å². The Kier molecular flexibility index (Phi) is 5.77. The van der Waals surface area contributed by atoms with Gasteiger partial charge >= 0.3 is 6.03 Å². The van der Waals surface area contributed by atoms with Crippen LogP contribution in [0.1, 0.15) is 16.1 Å². The van der Waals surface area contributed by atoms with Crippen molar-refractivity contribution in [2.45, 2.75) is 20.3 Å². The van der Waals surface area contributed by atoms with E-state index < -0.39 is 6.03 Å². The Labute approximate surface area is 160 Å². The fourth-order valence-electron chi connectivity index (χ4n) is 2.32. The lowest BCUT2D eigenvalue weighted by Crippen LogP contribution is -2.19. The summed E-state index contributed by atoms with van der Waals surface area (Å²) in [7, 11) is 0. The summed E-state index contributed by atoms with van der Waals surface area (Å²) in [5.41, 5.74) is 3.54. The number of rotatable bonds is 5. The van der Waals surface area contributed by atoms with Crippen molar-refractivity contribution >= 4 is 39.8 Å². The molecule has 138 valence electrons. The van der Waals surface area contributed by atoms with Crippen LogP contribution < -0.4 is 16.0 Å². The van der Waals surface area contributed by atoms with Crippen molar-refractivity contribution in [2.24, 2.45) is 0 Å². The number of aromatic nitrogens is 2. The van der Waals surface area contributed by atoms with Gasteiger partial charge in [-0.25, -0.2) is 4.79 Å². The van der Waals surface area contributed by atoms with Crippen LogP contribution >= 0.6 is 11.3 Å². The summed E-state index contributed by atoms with van der Waals surface area (Å²) in [6.07, 6.45) is 0.0905. The molecular formula is C19H19N5O2S. The van der Waals surface area contributed by atoms with Gasteiger partial charge in [-0.15, -0.1) is 10.2 Å². The van der Waals surface area contributed by atoms with Crippen molar-refractivity contribution in [2.75, 3.05) is 16.0 Å². The number of para-hydroxylation sites is 1. The van der Waals surface area contributed by atoms with E-state index in [1.54, 1.807) is 0 Å². The number of anilines is 3. The Bertz CT molecular complexity index is 953. The first kappa shape index (κ1) is 18.5. The van der Waals surface area contributed by atoms with Crippen molar-refractivity contribution < 1.29 is 9.59 Å². The number of hydrogen-bond acceptors (Lipinski definition) is 5. The summed E-state index contributed by atoms with van der Waals surface area (Å²) >= 11 is 1.16. The molecule has 0 spiro atoms. The van der Waals surface area contributed by atoms with Crippen LogP contribution in [-0.2, 0) is 11.2 Å². The quantitative estimate of drug-likeness (QED) is 0.623. The van der Waals surface area contributed by atoms with Crippen LogP contribution in [0.25, 0.3) is 0 Å². The lowest BCUT2D eigenvalue weighted by molar-refractivity contribution is -0.115. The van der Waals surface area contributed by atoms with Crippen molar-refractivity contribution in [3.05, 3.63) is 64.7 Å². The summed E-state index contributed by atoms with van der Waals surface area (Å²) in [4.78, 5) is 24.2. The molecule has 0 bridgehead atoms. The minimum absolute atomic E-state index is 0.0905. The molecule has 0 aliphatic carbocycles. The number of aryl methyl sites for hydroxylation is 2. The van der Waals surface area contributed by atoms with Crippen LogP contribution in [0.4, 0.5) is 21.3 Å². The molecule has 1 aromatic heterocycles. The van der Waals surface area contributed by atoms with Gasteiger partial charge in [0.25, 0.3) is 0 Å². The minimum Gasteiger partial charge on any atom is -0.325 e. The van der Waals surface area contributed by atoms with Crippen molar-refractivity contribution in [3.63, 3.8) is 0 Å². The third kappa shape index (κ3) is 5.35. The molecule has 3 N–H and O–H groups in total. The van der Waals surface area contributed by atoms with Gasteiger partial charge in [0.1, 0.15) is 5.01 Å². The van der Waals surface area contributed by atoms with E-state index in [0.717, 1.165) is 28.2 Å². The first-order chi connectivity index (χ1) is 13.0. The average Bonchev–Trinajstić information content (AvgIpc) is 3.05. The van der Waals surface area contributed by atoms with E-state index in [1.807, 2.05) is 62.4 Å². The summed E-state index contributed by atoms with van der Waals surface area (Å²) in [6, 6.07) is 14.6. The fraction of sp³-hybridized carbons (Fsp3) is 0.158. The number of amides is 3. The second-order valence-corrected chi connectivity index (χ2v) is 7.05. The minimum atomic E-state index is -0.411. The van der Waals surface area contributed by atoms with Crippen LogP contribution in [0.2, 0.25) is 0 Å². The smallest absolute Gasteiger partial charge is 0.325 e. The zero-order chi connectivity index (χ0) is 19.2. The number of urea groups is 1.